The van der Waals surface area contributed by atoms with Crippen LogP contribution in [-0.4, -0.2) is 78.8 Å². The number of rotatable bonds is 4. The first-order valence-corrected chi connectivity index (χ1v) is 9.75. The van der Waals surface area contributed by atoms with Gasteiger partial charge in [0, 0.05) is 23.8 Å². The molecule has 11 heteroatoms. The first-order chi connectivity index (χ1) is 15.2. The summed E-state index contributed by atoms with van der Waals surface area (Å²) in [6, 6.07) is 6.22. The van der Waals surface area contributed by atoms with Crippen molar-refractivity contribution in [3.63, 3.8) is 0 Å². The number of phenolic OH excluding ortho intramolecular Hbond substituents is 3. The lowest BCUT2D eigenvalue weighted by atomic mass is 9.95. The van der Waals surface area contributed by atoms with Crippen molar-refractivity contribution >= 4 is 5.78 Å². The van der Waals surface area contributed by atoms with Crippen LogP contribution < -0.4 is 9.47 Å². The number of benzene rings is 2. The number of hydrogen-bond donors (Lipinski definition) is 7. The number of Topliss-reactive ketones (excluding diaryl/α,β-unsaturated/α-hetero) is 1. The first-order valence-electron chi connectivity index (χ1n) is 9.75. The van der Waals surface area contributed by atoms with Gasteiger partial charge < -0.3 is 50.0 Å². The van der Waals surface area contributed by atoms with Crippen LogP contribution in [0, 0.1) is 0 Å². The summed E-state index contributed by atoms with van der Waals surface area (Å²) in [4.78, 5) is 12.5. The third-order valence-corrected chi connectivity index (χ3v) is 5.43. The van der Waals surface area contributed by atoms with E-state index < -0.39 is 54.9 Å². The Kier molecular flexibility index (Phi) is 5.84. The van der Waals surface area contributed by atoms with Gasteiger partial charge in [-0.1, -0.05) is 0 Å². The minimum Gasteiger partial charge on any atom is -0.508 e. The maximum atomic E-state index is 12.5. The highest BCUT2D eigenvalue weighted by Gasteiger charge is 2.44. The number of carbonyl (C=O) groups is 1. The number of phenols is 3. The number of carbonyl (C=O) groups excluding carboxylic acids is 1. The van der Waals surface area contributed by atoms with Gasteiger partial charge in [0.2, 0.25) is 6.29 Å². The lowest BCUT2D eigenvalue weighted by Crippen LogP contribution is -2.60. The predicted octanol–water partition coefficient (Wildman–Crippen LogP) is -0.311. The van der Waals surface area contributed by atoms with Crippen molar-refractivity contribution in [3.8, 4) is 28.7 Å². The molecule has 0 radical (unpaired) electrons. The molecule has 0 saturated carbocycles. The molecule has 0 bridgehead atoms. The Balaban J connectivity index is 1.53. The van der Waals surface area contributed by atoms with Crippen LogP contribution >= 0.6 is 0 Å². The van der Waals surface area contributed by atoms with E-state index in [-0.39, 0.29) is 40.5 Å². The van der Waals surface area contributed by atoms with Crippen molar-refractivity contribution in [2.24, 2.45) is 0 Å². The van der Waals surface area contributed by atoms with E-state index in [0.29, 0.717) is 0 Å². The number of aliphatic hydroxyl groups excluding tert-OH is 4. The molecule has 11 nitrogen and oxygen atoms in total. The second kappa shape index (κ2) is 8.45. The van der Waals surface area contributed by atoms with E-state index in [2.05, 4.69) is 0 Å². The highest BCUT2D eigenvalue weighted by Crippen LogP contribution is 2.43. The van der Waals surface area contributed by atoms with Gasteiger partial charge in [-0.3, -0.25) is 4.79 Å². The summed E-state index contributed by atoms with van der Waals surface area (Å²) in [7, 11) is 0. The first kappa shape index (κ1) is 22.1. The topological polar surface area (TPSA) is 186 Å². The van der Waals surface area contributed by atoms with Crippen molar-refractivity contribution in [1.82, 2.24) is 0 Å². The van der Waals surface area contributed by atoms with Crippen LogP contribution in [0.1, 0.15) is 28.4 Å². The van der Waals surface area contributed by atoms with Crippen molar-refractivity contribution < 1.29 is 54.8 Å². The van der Waals surface area contributed by atoms with E-state index in [1.807, 2.05) is 0 Å². The van der Waals surface area contributed by atoms with E-state index in [1.165, 1.54) is 24.3 Å². The Morgan fingerprint density at radius 1 is 0.969 bits per heavy atom. The van der Waals surface area contributed by atoms with Gasteiger partial charge in [-0.2, -0.15) is 0 Å². The quantitative estimate of drug-likeness (QED) is 0.324. The summed E-state index contributed by atoms with van der Waals surface area (Å²) in [6.45, 7) is -0.616. The molecule has 4 rings (SSSR count). The molecule has 2 aliphatic heterocycles. The fourth-order valence-corrected chi connectivity index (χ4v) is 3.77. The molecule has 6 atom stereocenters. The maximum Gasteiger partial charge on any atom is 0.229 e. The average molecular weight is 450 g/mol. The van der Waals surface area contributed by atoms with Crippen LogP contribution in [0.4, 0.5) is 0 Å². The zero-order valence-corrected chi connectivity index (χ0v) is 16.5. The predicted molar refractivity (Wildman–Crippen MR) is 105 cm³/mol. The maximum absolute atomic E-state index is 12.5. The van der Waals surface area contributed by atoms with E-state index in [9.17, 15) is 40.5 Å². The molecular formula is C21H22O11. The Labute approximate surface area is 181 Å². The SMILES string of the molecule is O=C1CC(c2ccc(O[C@@H]3O[C@H](CO)[C@@H](O)[C@H](O)[C@H]3O)cc2O)Oc2cc(O)cc(O)c21. The summed E-state index contributed by atoms with van der Waals surface area (Å²) >= 11 is 0. The van der Waals surface area contributed by atoms with E-state index in [4.69, 9.17) is 14.2 Å². The summed E-state index contributed by atoms with van der Waals surface area (Å²) in [6.07, 6.45) is -8.43. The van der Waals surface area contributed by atoms with Crippen molar-refractivity contribution in [2.45, 2.75) is 43.2 Å². The number of fused-ring (bicyclic) bond motifs is 1. The molecule has 1 unspecified atom stereocenters. The van der Waals surface area contributed by atoms with Gasteiger partial charge in [-0.05, 0) is 12.1 Å². The van der Waals surface area contributed by atoms with E-state index in [1.54, 1.807) is 0 Å². The van der Waals surface area contributed by atoms with Crippen molar-refractivity contribution in [1.29, 1.82) is 0 Å². The van der Waals surface area contributed by atoms with Crippen LogP contribution in [0.25, 0.3) is 0 Å². The Hall–Kier alpha value is -3.09. The molecule has 2 aromatic rings. The number of aliphatic hydroxyl groups is 4. The lowest BCUT2D eigenvalue weighted by Gasteiger charge is -2.39. The van der Waals surface area contributed by atoms with Gasteiger partial charge in [0.05, 0.1) is 13.0 Å². The molecule has 7 N–H and O–H groups in total. The van der Waals surface area contributed by atoms with Gasteiger partial charge in [-0.25, -0.2) is 0 Å². The zero-order chi connectivity index (χ0) is 23.2. The molecule has 1 fully saturated rings. The molecule has 2 aromatic carbocycles. The second-order valence-corrected chi connectivity index (χ2v) is 7.61. The minimum atomic E-state index is -1.62. The second-order valence-electron chi connectivity index (χ2n) is 7.61. The number of ketones is 1. The third-order valence-electron chi connectivity index (χ3n) is 5.43. The Morgan fingerprint density at radius 2 is 1.72 bits per heavy atom. The van der Waals surface area contributed by atoms with Crippen LogP contribution in [0.15, 0.2) is 30.3 Å². The summed E-state index contributed by atoms with van der Waals surface area (Å²) < 4.78 is 16.4. The zero-order valence-electron chi connectivity index (χ0n) is 16.5. The Morgan fingerprint density at radius 3 is 2.41 bits per heavy atom. The number of hydrogen-bond acceptors (Lipinski definition) is 11. The lowest BCUT2D eigenvalue weighted by molar-refractivity contribution is -0.277. The molecule has 0 aliphatic carbocycles. The van der Waals surface area contributed by atoms with Crippen LogP contribution in [0.2, 0.25) is 0 Å². The summed E-state index contributed by atoms with van der Waals surface area (Å²) in [5.41, 5.74) is 0.175. The van der Waals surface area contributed by atoms with E-state index >= 15 is 0 Å². The molecule has 0 amide bonds. The number of ether oxygens (including phenoxy) is 3. The molecule has 1 saturated heterocycles. The monoisotopic (exact) mass is 450 g/mol. The molecule has 172 valence electrons. The van der Waals surface area contributed by atoms with Crippen LogP contribution in [-0.2, 0) is 4.74 Å². The smallest absolute Gasteiger partial charge is 0.229 e. The molecular weight excluding hydrogens is 428 g/mol. The van der Waals surface area contributed by atoms with Gasteiger partial charge >= 0.3 is 0 Å². The molecule has 2 heterocycles. The molecule has 0 aromatic heterocycles. The van der Waals surface area contributed by atoms with Gasteiger partial charge in [0.25, 0.3) is 0 Å². The minimum absolute atomic E-state index is 0.0233. The highest BCUT2D eigenvalue weighted by atomic mass is 16.7. The van der Waals surface area contributed by atoms with Gasteiger partial charge in [-0.15, -0.1) is 0 Å². The van der Waals surface area contributed by atoms with Gasteiger partial charge in [0.1, 0.15) is 64.8 Å². The highest BCUT2D eigenvalue weighted by molar-refractivity contribution is 6.02. The van der Waals surface area contributed by atoms with Crippen molar-refractivity contribution in [2.75, 3.05) is 6.61 Å². The summed E-state index contributed by atoms with van der Waals surface area (Å²) in [5.74, 6) is -1.43. The fourth-order valence-electron chi connectivity index (χ4n) is 3.77. The van der Waals surface area contributed by atoms with E-state index in [0.717, 1.165) is 6.07 Å². The Bertz CT molecular complexity index is 1020. The summed E-state index contributed by atoms with van der Waals surface area (Å²) in [5, 5.41) is 69.0. The normalized spacial score (nSPS) is 29.8. The standard InChI is InChI=1S/C21H22O11/c22-7-16-18(27)19(28)20(29)21(32-16)30-9-1-2-10(11(24)5-9)14-6-13(26)17-12(25)3-8(23)4-15(17)31-14/h1-5,14,16,18-25,27-29H,6-7H2/t14?,16-,18-,19+,20-,21-/m1/s1. The van der Waals surface area contributed by atoms with Gasteiger partial charge in [0.15, 0.2) is 5.78 Å². The van der Waals surface area contributed by atoms with Crippen molar-refractivity contribution in [3.05, 3.63) is 41.5 Å². The fraction of sp³-hybridized carbons (Fsp3) is 0.381. The molecule has 2 aliphatic rings. The molecule has 32 heavy (non-hydrogen) atoms. The largest absolute Gasteiger partial charge is 0.508 e. The van der Waals surface area contributed by atoms with Crippen LogP contribution in [0.3, 0.4) is 0 Å². The third kappa shape index (κ3) is 3.92. The van der Waals surface area contributed by atoms with Crippen LogP contribution in [0.5, 0.6) is 28.7 Å². The number of aromatic hydroxyl groups is 3. The average Bonchev–Trinajstić information content (AvgIpc) is 2.73. The molecule has 0 spiro atoms.